The van der Waals surface area contributed by atoms with Gasteiger partial charge in [-0.05, 0) is 38.5 Å². The zero-order valence-electron chi connectivity index (χ0n) is 33.1. The molecule has 0 aromatic heterocycles. The summed E-state index contributed by atoms with van der Waals surface area (Å²) in [4.78, 5) is 12.9. The van der Waals surface area contributed by atoms with Gasteiger partial charge in [-0.15, -0.1) is 0 Å². The van der Waals surface area contributed by atoms with Gasteiger partial charge in [0.05, 0.1) is 25.4 Å². The number of carbonyl (C=O) groups is 1. The van der Waals surface area contributed by atoms with Crippen molar-refractivity contribution < 1.29 is 39.8 Å². The number of rotatable bonds is 34. The Labute approximate surface area is 317 Å². The maximum atomic E-state index is 12.9. The van der Waals surface area contributed by atoms with Crippen LogP contribution < -0.4 is 5.32 Å². The van der Waals surface area contributed by atoms with Gasteiger partial charge >= 0.3 is 0 Å². The minimum atomic E-state index is -1.57. The standard InChI is InChI=1S/C43H79NO8/c1-3-5-7-9-11-13-15-17-18-19-21-22-24-26-28-30-32-37(46)36(35-51-43-42(50)41(49)40(48)38(34-45)52-43)44-39(47)33-31-29-27-25-23-20-16-14-12-10-8-6-4-2/h20,23,27,29-30,32,36-38,40-43,45-46,48-50H,3-19,21-22,24-26,28,31,33-35H2,1-2H3,(H,44,47)/b23-20-,29-27-,32-30+. The zero-order valence-corrected chi connectivity index (χ0v) is 33.1. The number of unbranched alkanes of at least 4 members (excludes halogenated alkanes) is 20. The highest BCUT2D eigenvalue weighted by atomic mass is 16.7. The van der Waals surface area contributed by atoms with Crippen molar-refractivity contribution in [2.45, 2.75) is 217 Å². The molecule has 1 amide bonds. The normalized spacial score (nSPS) is 22.2. The third kappa shape index (κ3) is 24.7. The summed E-state index contributed by atoms with van der Waals surface area (Å²) in [7, 11) is 0. The molecule has 0 aliphatic carbocycles. The molecule has 304 valence electrons. The van der Waals surface area contributed by atoms with Gasteiger partial charge in [-0.3, -0.25) is 4.79 Å². The first-order valence-electron chi connectivity index (χ1n) is 21.2. The van der Waals surface area contributed by atoms with Gasteiger partial charge in [0.15, 0.2) is 6.29 Å². The third-order valence-electron chi connectivity index (χ3n) is 9.97. The van der Waals surface area contributed by atoms with Gasteiger partial charge in [0.25, 0.3) is 0 Å². The lowest BCUT2D eigenvalue weighted by Crippen LogP contribution is -2.60. The molecule has 1 fully saturated rings. The molecule has 0 aromatic carbocycles. The van der Waals surface area contributed by atoms with Crippen molar-refractivity contribution in [1.29, 1.82) is 0 Å². The predicted octanol–water partition coefficient (Wildman–Crippen LogP) is 8.11. The van der Waals surface area contributed by atoms with E-state index in [1.165, 1.54) is 116 Å². The van der Waals surface area contributed by atoms with E-state index in [4.69, 9.17) is 9.47 Å². The Hall–Kier alpha value is -1.59. The molecule has 9 heteroatoms. The van der Waals surface area contributed by atoms with Gasteiger partial charge < -0.3 is 40.3 Å². The van der Waals surface area contributed by atoms with Crippen molar-refractivity contribution in [2.24, 2.45) is 0 Å². The molecule has 7 atom stereocenters. The van der Waals surface area contributed by atoms with Crippen LogP contribution in [-0.4, -0.2) is 87.5 Å². The fraction of sp³-hybridized carbons (Fsp3) is 0.837. The van der Waals surface area contributed by atoms with Gasteiger partial charge in [-0.2, -0.15) is 0 Å². The highest BCUT2D eigenvalue weighted by molar-refractivity contribution is 5.76. The number of amides is 1. The largest absolute Gasteiger partial charge is 0.394 e. The molecule has 1 rings (SSSR count). The number of aliphatic hydroxyl groups excluding tert-OH is 5. The Morgan fingerprint density at radius 1 is 0.654 bits per heavy atom. The summed E-state index contributed by atoms with van der Waals surface area (Å²) in [6, 6.07) is -0.832. The Bertz CT molecular complexity index is 910. The summed E-state index contributed by atoms with van der Waals surface area (Å²) < 4.78 is 11.2. The van der Waals surface area contributed by atoms with E-state index < -0.39 is 49.5 Å². The number of allylic oxidation sites excluding steroid dienone is 5. The number of hydrogen-bond acceptors (Lipinski definition) is 8. The summed E-state index contributed by atoms with van der Waals surface area (Å²) in [6.07, 6.45) is 33.4. The van der Waals surface area contributed by atoms with Crippen molar-refractivity contribution in [3.05, 3.63) is 36.5 Å². The van der Waals surface area contributed by atoms with Crippen LogP contribution in [0.5, 0.6) is 0 Å². The fourth-order valence-corrected chi connectivity index (χ4v) is 6.50. The Morgan fingerprint density at radius 2 is 1.13 bits per heavy atom. The average Bonchev–Trinajstić information content (AvgIpc) is 3.14. The van der Waals surface area contributed by atoms with Crippen molar-refractivity contribution in [2.75, 3.05) is 13.2 Å². The van der Waals surface area contributed by atoms with Crippen LogP contribution in [0.2, 0.25) is 0 Å². The molecule has 1 aliphatic heterocycles. The van der Waals surface area contributed by atoms with Crippen molar-refractivity contribution in [3.63, 3.8) is 0 Å². The van der Waals surface area contributed by atoms with E-state index in [1.807, 2.05) is 12.2 Å². The zero-order chi connectivity index (χ0) is 38.1. The smallest absolute Gasteiger partial charge is 0.220 e. The second-order valence-electron chi connectivity index (χ2n) is 14.8. The van der Waals surface area contributed by atoms with Crippen LogP contribution in [-0.2, 0) is 14.3 Å². The van der Waals surface area contributed by atoms with Crippen molar-refractivity contribution in [3.8, 4) is 0 Å². The maximum absolute atomic E-state index is 12.9. The summed E-state index contributed by atoms with van der Waals surface area (Å²) >= 11 is 0. The molecule has 52 heavy (non-hydrogen) atoms. The molecule has 0 bridgehead atoms. The molecule has 0 aromatic rings. The molecule has 0 radical (unpaired) electrons. The topological polar surface area (TPSA) is 149 Å². The minimum absolute atomic E-state index is 0.210. The second-order valence-corrected chi connectivity index (χ2v) is 14.8. The maximum Gasteiger partial charge on any atom is 0.220 e. The van der Waals surface area contributed by atoms with Gasteiger partial charge in [0.2, 0.25) is 5.91 Å². The monoisotopic (exact) mass is 738 g/mol. The molecule has 6 N–H and O–H groups in total. The lowest BCUT2D eigenvalue weighted by molar-refractivity contribution is -0.302. The highest BCUT2D eigenvalue weighted by Crippen LogP contribution is 2.22. The van der Waals surface area contributed by atoms with Crippen LogP contribution in [0.25, 0.3) is 0 Å². The summed E-state index contributed by atoms with van der Waals surface area (Å²) in [5.74, 6) is -0.245. The van der Waals surface area contributed by atoms with E-state index in [0.717, 1.165) is 32.1 Å². The molecule has 9 nitrogen and oxygen atoms in total. The average molecular weight is 738 g/mol. The lowest BCUT2D eigenvalue weighted by atomic mass is 9.99. The molecular formula is C43H79NO8. The molecule has 1 saturated heterocycles. The number of hydrogen-bond donors (Lipinski definition) is 6. The molecule has 0 saturated carbocycles. The molecule has 1 aliphatic rings. The first-order chi connectivity index (χ1) is 25.3. The van der Waals surface area contributed by atoms with Gasteiger partial charge in [-0.1, -0.05) is 166 Å². The SMILES string of the molecule is CCCCCCCC/C=C\C/C=C\CCC(=O)NC(COC1OC(CO)C(O)C(O)C1O)C(O)/C=C/CCCCCCCCCCCCCCCC. The first kappa shape index (κ1) is 48.4. The summed E-state index contributed by atoms with van der Waals surface area (Å²) in [5, 5.41) is 54.0. The van der Waals surface area contributed by atoms with Crippen LogP contribution in [0.4, 0.5) is 0 Å². The highest BCUT2D eigenvalue weighted by Gasteiger charge is 2.44. The Morgan fingerprint density at radius 3 is 1.65 bits per heavy atom. The molecule has 1 heterocycles. The Kier molecular flexibility index (Phi) is 31.6. The van der Waals surface area contributed by atoms with E-state index in [-0.39, 0.29) is 18.9 Å². The van der Waals surface area contributed by atoms with E-state index in [2.05, 4.69) is 37.4 Å². The number of ether oxygens (including phenoxy) is 2. The lowest BCUT2D eigenvalue weighted by Gasteiger charge is -2.40. The minimum Gasteiger partial charge on any atom is -0.394 e. The van der Waals surface area contributed by atoms with Crippen molar-refractivity contribution in [1.82, 2.24) is 5.32 Å². The second kappa shape index (κ2) is 33.9. The summed E-state index contributed by atoms with van der Waals surface area (Å²) in [5.41, 5.74) is 0. The van der Waals surface area contributed by atoms with Crippen molar-refractivity contribution >= 4 is 5.91 Å². The number of nitrogens with one attached hydrogen (secondary N) is 1. The van der Waals surface area contributed by atoms with Crippen LogP contribution in [0, 0.1) is 0 Å². The van der Waals surface area contributed by atoms with Crippen LogP contribution in [0.15, 0.2) is 36.5 Å². The molecule has 0 spiro atoms. The Balaban J connectivity index is 2.45. The molecule has 7 unspecified atom stereocenters. The van der Waals surface area contributed by atoms with Crippen LogP contribution in [0.3, 0.4) is 0 Å². The van der Waals surface area contributed by atoms with E-state index >= 15 is 0 Å². The van der Waals surface area contributed by atoms with Gasteiger partial charge in [-0.25, -0.2) is 0 Å². The number of carbonyl (C=O) groups excluding carboxylic acids is 1. The fourth-order valence-electron chi connectivity index (χ4n) is 6.50. The molecular weight excluding hydrogens is 658 g/mol. The van der Waals surface area contributed by atoms with Crippen LogP contribution >= 0.6 is 0 Å². The first-order valence-corrected chi connectivity index (χ1v) is 21.2. The quantitative estimate of drug-likeness (QED) is 0.0287. The predicted molar refractivity (Wildman–Crippen MR) is 212 cm³/mol. The third-order valence-corrected chi connectivity index (χ3v) is 9.97. The van der Waals surface area contributed by atoms with Crippen LogP contribution in [0.1, 0.15) is 174 Å². The van der Waals surface area contributed by atoms with Gasteiger partial charge in [0.1, 0.15) is 24.4 Å². The van der Waals surface area contributed by atoms with Gasteiger partial charge in [0, 0.05) is 6.42 Å². The number of aliphatic hydroxyl groups is 5. The summed E-state index contributed by atoms with van der Waals surface area (Å²) in [6.45, 7) is 3.71. The van der Waals surface area contributed by atoms with E-state index in [9.17, 15) is 30.3 Å². The van der Waals surface area contributed by atoms with E-state index in [1.54, 1.807) is 6.08 Å². The van der Waals surface area contributed by atoms with E-state index in [0.29, 0.717) is 6.42 Å².